The molecule has 0 aliphatic carbocycles. The van der Waals surface area contributed by atoms with E-state index in [2.05, 4.69) is 28.6 Å². The van der Waals surface area contributed by atoms with Crippen LogP contribution < -0.4 is 14.7 Å². The van der Waals surface area contributed by atoms with Crippen molar-refractivity contribution in [3.05, 3.63) is 0 Å². The van der Waals surface area contributed by atoms with Crippen LogP contribution in [0, 0.1) is 0 Å². The summed E-state index contributed by atoms with van der Waals surface area (Å²) < 4.78 is 47.4. The van der Waals surface area contributed by atoms with Crippen LogP contribution in [0.5, 0.6) is 0 Å². The van der Waals surface area contributed by atoms with Gasteiger partial charge in [0.2, 0.25) is 0 Å². The molecular formula is C13H25O11P3S3-4. The monoisotopic (exact) mass is 546 g/mol. The van der Waals surface area contributed by atoms with Gasteiger partial charge in [-0.3, -0.25) is 4.57 Å². The third kappa shape index (κ3) is 13.9. The summed E-state index contributed by atoms with van der Waals surface area (Å²) in [6.45, 7) is -7.78. The Morgan fingerprint density at radius 3 is 2.13 bits per heavy atom. The summed E-state index contributed by atoms with van der Waals surface area (Å²) in [6.07, 6.45) is -0.625. The first kappa shape index (κ1) is 29.5. The summed E-state index contributed by atoms with van der Waals surface area (Å²) in [5, 5.41) is 0. The third-order valence-corrected chi connectivity index (χ3v) is 7.46. The fraction of sp³-hybridized carbons (Fsp3) is 1.00. The molecule has 17 heteroatoms. The fourth-order valence-electron chi connectivity index (χ4n) is 2.30. The van der Waals surface area contributed by atoms with Gasteiger partial charge in [0.1, 0.15) is 12.8 Å². The minimum absolute atomic E-state index is 0.00189. The van der Waals surface area contributed by atoms with Crippen molar-refractivity contribution in [3.63, 3.8) is 0 Å². The van der Waals surface area contributed by atoms with E-state index in [-0.39, 0.29) is 32.0 Å². The normalized spacial score (nSPS) is 26.6. The van der Waals surface area contributed by atoms with Crippen LogP contribution in [-0.4, -0.2) is 57.5 Å². The third-order valence-electron chi connectivity index (χ3n) is 3.41. The minimum Gasteiger partial charge on any atom is -0.812 e. The second kappa shape index (κ2) is 13.4. The van der Waals surface area contributed by atoms with Gasteiger partial charge in [-0.2, -0.15) is 0 Å². The molecule has 0 spiro atoms. The molecule has 0 amide bonds. The lowest BCUT2D eigenvalue weighted by Gasteiger charge is -2.34. The largest absolute Gasteiger partial charge is 0.812 e. The summed E-state index contributed by atoms with van der Waals surface area (Å²) in [5.41, 5.74) is 0. The van der Waals surface area contributed by atoms with E-state index in [4.69, 9.17) is 39.4 Å². The van der Waals surface area contributed by atoms with Crippen LogP contribution in [0.4, 0.5) is 0 Å². The molecule has 180 valence electrons. The Hall–Kier alpha value is 1.48. The van der Waals surface area contributed by atoms with Gasteiger partial charge in [-0.1, -0.05) is 18.5 Å². The average molecular weight is 546 g/mol. The summed E-state index contributed by atoms with van der Waals surface area (Å²) in [7, 11) is 0. The van der Waals surface area contributed by atoms with Gasteiger partial charge in [0.25, 0.3) is 0 Å². The molecule has 1 fully saturated rings. The Morgan fingerprint density at radius 2 is 1.60 bits per heavy atom. The molecule has 3 unspecified atom stereocenters. The molecule has 11 nitrogen and oxygen atoms in total. The quantitative estimate of drug-likeness (QED) is 0.156. The van der Waals surface area contributed by atoms with Crippen molar-refractivity contribution in [2.24, 2.45) is 0 Å². The van der Waals surface area contributed by atoms with Crippen LogP contribution in [0.1, 0.15) is 27.2 Å². The van der Waals surface area contributed by atoms with Gasteiger partial charge in [0.05, 0.1) is 51.3 Å². The highest BCUT2D eigenvalue weighted by molar-refractivity contribution is 8.32. The van der Waals surface area contributed by atoms with Crippen LogP contribution in [0.15, 0.2) is 0 Å². The van der Waals surface area contributed by atoms with Crippen LogP contribution in [0.3, 0.4) is 0 Å². The zero-order valence-electron chi connectivity index (χ0n) is 16.6. The molecule has 1 rings (SSSR count). The lowest BCUT2D eigenvalue weighted by Crippen LogP contribution is -2.31. The molecule has 30 heavy (non-hydrogen) atoms. The summed E-state index contributed by atoms with van der Waals surface area (Å²) in [6, 6.07) is 0. The topological polar surface area (TPSA) is 151 Å². The maximum atomic E-state index is 12.4. The first-order valence-electron chi connectivity index (χ1n) is 8.87. The molecule has 0 aromatic rings. The van der Waals surface area contributed by atoms with Gasteiger partial charge in [-0.05, 0) is 20.8 Å². The van der Waals surface area contributed by atoms with E-state index in [1.54, 1.807) is 0 Å². The van der Waals surface area contributed by atoms with Gasteiger partial charge in [-0.15, -0.1) is 11.8 Å². The van der Waals surface area contributed by atoms with Crippen molar-refractivity contribution < 1.29 is 51.3 Å². The lowest BCUT2D eigenvalue weighted by atomic mass is 10.1. The van der Waals surface area contributed by atoms with E-state index in [9.17, 15) is 19.2 Å². The predicted octanol–water partition coefficient (Wildman–Crippen LogP) is 0.225. The Balaban J connectivity index is 2.34. The Kier molecular flexibility index (Phi) is 13.2. The number of rotatable bonds is 15. The molecule has 0 radical (unpaired) electrons. The SMILES string of the molecule is CC(C)OC[C@H]1O[C@@H](C)CC1OP([O-])(=S)OCCOP(=O)([S-])OCCOP([O-])([O-])=S. The van der Waals surface area contributed by atoms with E-state index in [1.807, 2.05) is 20.8 Å². The fourth-order valence-corrected chi connectivity index (χ4v) is 5.40. The molecule has 0 aromatic carbocycles. The van der Waals surface area contributed by atoms with Gasteiger partial charge in [0.15, 0.2) is 6.80 Å². The Morgan fingerprint density at radius 1 is 1.07 bits per heavy atom. The van der Waals surface area contributed by atoms with E-state index >= 15 is 0 Å². The van der Waals surface area contributed by atoms with Crippen molar-refractivity contribution in [1.29, 1.82) is 0 Å². The summed E-state index contributed by atoms with van der Waals surface area (Å²) >= 11 is 13.5. The van der Waals surface area contributed by atoms with Gasteiger partial charge >= 0.3 is 0 Å². The molecule has 1 aliphatic rings. The van der Waals surface area contributed by atoms with Crippen LogP contribution in [0.25, 0.3) is 0 Å². The van der Waals surface area contributed by atoms with E-state index in [1.165, 1.54) is 0 Å². The lowest BCUT2D eigenvalue weighted by molar-refractivity contribution is -0.321. The smallest absolute Gasteiger partial charge is 0.200 e. The molecule has 0 saturated carbocycles. The van der Waals surface area contributed by atoms with Crippen LogP contribution in [0.2, 0.25) is 0 Å². The maximum Gasteiger partial charge on any atom is 0.200 e. The Bertz CT molecular complexity index is 661. The van der Waals surface area contributed by atoms with Crippen LogP contribution >= 0.6 is 20.2 Å². The maximum absolute atomic E-state index is 12.4. The highest BCUT2D eigenvalue weighted by Gasteiger charge is 2.35. The zero-order valence-corrected chi connectivity index (χ0v) is 21.7. The van der Waals surface area contributed by atoms with E-state index in [0.29, 0.717) is 6.42 Å². The van der Waals surface area contributed by atoms with Crippen molar-refractivity contribution in [2.45, 2.75) is 51.6 Å². The number of ether oxygens (including phenoxy) is 2. The summed E-state index contributed by atoms with van der Waals surface area (Å²) in [5.74, 6) is 0. The van der Waals surface area contributed by atoms with Gasteiger partial charge in [0, 0.05) is 6.42 Å². The van der Waals surface area contributed by atoms with Crippen molar-refractivity contribution in [1.82, 2.24) is 0 Å². The van der Waals surface area contributed by atoms with Crippen molar-refractivity contribution in [2.75, 3.05) is 33.0 Å². The number of hydrogen-bond donors (Lipinski definition) is 0. The molecule has 1 saturated heterocycles. The molecular weight excluding hydrogens is 521 g/mol. The highest BCUT2D eigenvalue weighted by atomic mass is 32.7. The minimum atomic E-state index is -4.33. The molecule has 0 bridgehead atoms. The standard InChI is InChI=1S/C13H29O11P3S3/c1-10(2)18-9-13-12(8-11(3)23-13)24-27(17,30)22-7-6-21-26(16,29)20-5-4-19-25(14,15)28/h10-13H,4-9H2,1-3H3,(H,16,29)(H,17,30)(H2,14,15,28)/p-4/t11-,12?,13+,26?,27?/m0/s1. The van der Waals surface area contributed by atoms with Gasteiger partial charge < -0.3 is 59.0 Å². The molecule has 0 N–H and O–H groups in total. The number of hydrogen-bond acceptors (Lipinski definition) is 14. The van der Waals surface area contributed by atoms with Gasteiger partial charge in [-0.25, -0.2) is 0 Å². The van der Waals surface area contributed by atoms with Crippen molar-refractivity contribution >= 4 is 56.1 Å². The summed E-state index contributed by atoms with van der Waals surface area (Å²) in [4.78, 5) is 33.7. The van der Waals surface area contributed by atoms with Crippen LogP contribution in [-0.2, 0) is 72.5 Å². The average Bonchev–Trinajstić information content (AvgIpc) is 2.92. The second-order valence-electron chi connectivity index (χ2n) is 6.42. The first-order valence-corrected chi connectivity index (χ1v) is 16.5. The predicted molar refractivity (Wildman–Crippen MR) is 112 cm³/mol. The first-order chi connectivity index (χ1) is 13.7. The molecule has 5 atom stereocenters. The van der Waals surface area contributed by atoms with E-state index in [0.717, 1.165) is 0 Å². The molecule has 0 aromatic heterocycles. The second-order valence-corrected chi connectivity index (χ2v) is 14.4. The Labute approximate surface area is 191 Å². The molecule has 1 aliphatic heterocycles. The zero-order chi connectivity index (χ0) is 23.0. The molecule has 1 heterocycles. The van der Waals surface area contributed by atoms with E-state index < -0.39 is 45.7 Å². The van der Waals surface area contributed by atoms with Crippen molar-refractivity contribution in [3.8, 4) is 0 Å². The highest BCUT2D eigenvalue weighted by Crippen LogP contribution is 2.47.